The number of halogens is 1. The summed E-state index contributed by atoms with van der Waals surface area (Å²) in [4.78, 5) is 9.00. The van der Waals surface area contributed by atoms with Crippen LogP contribution in [0.5, 0.6) is 0 Å². The SMILES string of the molecule is CC(=O)O.OC(O)=C(O)Cl. The molecule has 0 unspecified atom stereocenters. The van der Waals surface area contributed by atoms with Crippen LogP contribution in [0, 0.1) is 0 Å². The molecule has 0 heterocycles. The highest BCUT2D eigenvalue weighted by Gasteiger charge is 1.90. The summed E-state index contributed by atoms with van der Waals surface area (Å²) in [6.07, 6.45) is 0. The van der Waals surface area contributed by atoms with Crippen molar-refractivity contribution in [3.63, 3.8) is 0 Å². The predicted octanol–water partition coefficient (Wildman–Crippen LogP) is 1.12. The third kappa shape index (κ3) is 28.6. The van der Waals surface area contributed by atoms with E-state index >= 15 is 0 Å². The lowest BCUT2D eigenvalue weighted by atomic mass is 10.9. The van der Waals surface area contributed by atoms with E-state index in [2.05, 4.69) is 11.6 Å². The average Bonchev–Trinajstić information content (AvgIpc) is 1.63. The fraction of sp³-hybridized carbons (Fsp3) is 0.250. The maximum Gasteiger partial charge on any atom is 0.331 e. The average molecular weight is 171 g/mol. The molecular formula is C4H7ClO5. The van der Waals surface area contributed by atoms with E-state index in [1.807, 2.05) is 0 Å². The molecule has 6 heteroatoms. The van der Waals surface area contributed by atoms with Gasteiger partial charge in [0, 0.05) is 6.92 Å². The first kappa shape index (κ1) is 11.7. The summed E-state index contributed by atoms with van der Waals surface area (Å²) in [7, 11) is 0. The lowest BCUT2D eigenvalue weighted by molar-refractivity contribution is -0.134. The van der Waals surface area contributed by atoms with Gasteiger partial charge in [-0.1, -0.05) is 0 Å². The van der Waals surface area contributed by atoms with Gasteiger partial charge < -0.3 is 20.4 Å². The standard InChI is InChI=1S/C2H3ClO3.C2H4O2/c3-1(4)2(5)6;1-2(3)4/h4-6H;1H3,(H,3,4). The van der Waals surface area contributed by atoms with Gasteiger partial charge in [-0.3, -0.25) is 4.79 Å². The van der Waals surface area contributed by atoms with Gasteiger partial charge in [-0.05, 0) is 11.6 Å². The number of carbonyl (C=O) groups is 1. The highest BCUT2D eigenvalue weighted by Crippen LogP contribution is 1.95. The van der Waals surface area contributed by atoms with Crippen molar-refractivity contribution in [3.05, 3.63) is 11.2 Å². The summed E-state index contributed by atoms with van der Waals surface area (Å²) in [5.41, 5.74) is 0. The summed E-state index contributed by atoms with van der Waals surface area (Å²) in [6, 6.07) is 0. The van der Waals surface area contributed by atoms with E-state index in [0.29, 0.717) is 0 Å². The van der Waals surface area contributed by atoms with Gasteiger partial charge >= 0.3 is 5.95 Å². The highest BCUT2D eigenvalue weighted by molar-refractivity contribution is 6.28. The Morgan fingerprint density at radius 2 is 1.30 bits per heavy atom. The molecular weight excluding hydrogens is 163 g/mol. The fourth-order valence-corrected chi connectivity index (χ4v) is 0. The summed E-state index contributed by atoms with van der Waals surface area (Å²) in [5, 5.41) is 29.6. The first-order valence-corrected chi connectivity index (χ1v) is 2.42. The Bertz CT molecular complexity index is 119. The zero-order valence-corrected chi connectivity index (χ0v) is 5.83. The van der Waals surface area contributed by atoms with Crippen molar-refractivity contribution in [1.29, 1.82) is 0 Å². The van der Waals surface area contributed by atoms with Crippen molar-refractivity contribution in [2.24, 2.45) is 0 Å². The Kier molecular flexibility index (Phi) is 7.03. The second-order valence-corrected chi connectivity index (χ2v) is 1.49. The topological polar surface area (TPSA) is 98.0 Å². The largest absolute Gasteiger partial charge is 0.494 e. The number of aliphatic carboxylic acids is 1. The lowest BCUT2D eigenvalue weighted by Crippen LogP contribution is -1.78. The number of carboxylic acids is 1. The second-order valence-electron chi connectivity index (χ2n) is 1.13. The van der Waals surface area contributed by atoms with E-state index in [1.54, 1.807) is 0 Å². The van der Waals surface area contributed by atoms with Crippen LogP contribution in [0.4, 0.5) is 0 Å². The van der Waals surface area contributed by atoms with Gasteiger partial charge in [0.1, 0.15) is 0 Å². The molecule has 10 heavy (non-hydrogen) atoms. The van der Waals surface area contributed by atoms with Crippen molar-refractivity contribution in [2.75, 3.05) is 0 Å². The first-order valence-electron chi connectivity index (χ1n) is 2.04. The van der Waals surface area contributed by atoms with Gasteiger partial charge in [-0.15, -0.1) is 0 Å². The van der Waals surface area contributed by atoms with Gasteiger partial charge in [0.05, 0.1) is 0 Å². The molecule has 0 saturated heterocycles. The molecule has 0 rings (SSSR count). The minimum Gasteiger partial charge on any atom is -0.494 e. The van der Waals surface area contributed by atoms with Crippen molar-refractivity contribution in [3.8, 4) is 0 Å². The van der Waals surface area contributed by atoms with E-state index in [4.69, 9.17) is 25.2 Å². The second kappa shape index (κ2) is 6.03. The normalized spacial score (nSPS) is 7.00. The van der Waals surface area contributed by atoms with Gasteiger partial charge in [-0.25, -0.2) is 0 Å². The molecule has 0 aliphatic heterocycles. The molecule has 0 bridgehead atoms. The minimum atomic E-state index is -1.25. The van der Waals surface area contributed by atoms with Crippen molar-refractivity contribution in [1.82, 2.24) is 0 Å². The third-order valence-electron chi connectivity index (χ3n) is 0.185. The van der Waals surface area contributed by atoms with Gasteiger partial charge in [0.25, 0.3) is 11.2 Å². The highest BCUT2D eigenvalue weighted by atomic mass is 35.5. The van der Waals surface area contributed by atoms with E-state index in [9.17, 15) is 0 Å². The summed E-state index contributed by atoms with van der Waals surface area (Å²) in [6.45, 7) is 1.08. The molecule has 0 radical (unpaired) electrons. The molecule has 0 aromatic heterocycles. The van der Waals surface area contributed by atoms with Crippen LogP contribution >= 0.6 is 11.6 Å². The molecule has 0 saturated carbocycles. The molecule has 0 aliphatic carbocycles. The summed E-state index contributed by atoms with van der Waals surface area (Å²) >= 11 is 4.55. The van der Waals surface area contributed by atoms with Crippen LogP contribution < -0.4 is 0 Å². The van der Waals surface area contributed by atoms with Crippen LogP contribution in [0.1, 0.15) is 6.92 Å². The van der Waals surface area contributed by atoms with Crippen LogP contribution in [0.2, 0.25) is 0 Å². The fourth-order valence-electron chi connectivity index (χ4n) is 0. The van der Waals surface area contributed by atoms with Crippen molar-refractivity contribution < 1.29 is 25.2 Å². The summed E-state index contributed by atoms with van der Waals surface area (Å²) < 4.78 is 0. The molecule has 0 fully saturated rings. The van der Waals surface area contributed by atoms with Crippen LogP contribution in [-0.4, -0.2) is 26.4 Å². The number of hydrogen-bond acceptors (Lipinski definition) is 4. The number of rotatable bonds is 0. The van der Waals surface area contributed by atoms with E-state index in [-0.39, 0.29) is 0 Å². The molecule has 0 atom stereocenters. The number of aliphatic hydroxyl groups is 3. The third-order valence-corrected chi connectivity index (χ3v) is 0.354. The smallest absolute Gasteiger partial charge is 0.331 e. The zero-order valence-electron chi connectivity index (χ0n) is 5.08. The molecule has 0 spiro atoms. The number of hydrogen-bond donors (Lipinski definition) is 4. The van der Waals surface area contributed by atoms with Crippen molar-refractivity contribution in [2.45, 2.75) is 6.92 Å². The molecule has 0 aromatic carbocycles. The number of aliphatic hydroxyl groups excluding tert-OH is 2. The lowest BCUT2D eigenvalue weighted by Gasteiger charge is -1.82. The van der Waals surface area contributed by atoms with Gasteiger partial charge in [0.2, 0.25) is 0 Å². The molecule has 4 N–H and O–H groups in total. The Balaban J connectivity index is 0. The number of carboxylic acid groups (broad SMARTS) is 1. The molecule has 5 nitrogen and oxygen atoms in total. The van der Waals surface area contributed by atoms with E-state index < -0.39 is 17.1 Å². The summed E-state index contributed by atoms with van der Waals surface area (Å²) in [5.74, 6) is -2.09. The quantitative estimate of drug-likeness (QED) is 0.409. The first-order chi connectivity index (χ1) is 4.37. The van der Waals surface area contributed by atoms with E-state index in [1.165, 1.54) is 0 Å². The van der Waals surface area contributed by atoms with Crippen LogP contribution in [-0.2, 0) is 4.79 Å². The van der Waals surface area contributed by atoms with E-state index in [0.717, 1.165) is 6.92 Å². The van der Waals surface area contributed by atoms with Crippen molar-refractivity contribution >= 4 is 17.6 Å². The Morgan fingerprint density at radius 3 is 1.30 bits per heavy atom. The Hall–Kier alpha value is -1.10. The Morgan fingerprint density at radius 1 is 1.20 bits per heavy atom. The van der Waals surface area contributed by atoms with Crippen LogP contribution in [0.25, 0.3) is 0 Å². The minimum absolute atomic E-state index is 0.833. The molecule has 60 valence electrons. The molecule has 0 amide bonds. The Labute approximate surface area is 61.8 Å². The van der Waals surface area contributed by atoms with Gasteiger partial charge in [-0.2, -0.15) is 0 Å². The maximum absolute atomic E-state index is 9.00. The van der Waals surface area contributed by atoms with Gasteiger partial charge in [0.15, 0.2) is 0 Å². The predicted molar refractivity (Wildman–Crippen MR) is 34.1 cm³/mol. The molecule has 0 aromatic rings. The van der Waals surface area contributed by atoms with Crippen LogP contribution in [0.15, 0.2) is 11.2 Å². The van der Waals surface area contributed by atoms with Crippen LogP contribution in [0.3, 0.4) is 0 Å². The molecule has 0 aliphatic rings. The zero-order chi connectivity index (χ0) is 8.73. The monoisotopic (exact) mass is 170 g/mol. The maximum atomic E-state index is 9.00.